The fourth-order valence-corrected chi connectivity index (χ4v) is 1.39. The minimum absolute atomic E-state index is 0.199. The molecule has 0 radical (unpaired) electrons. The molecule has 3 nitrogen and oxygen atoms in total. The van der Waals surface area contributed by atoms with Crippen molar-refractivity contribution in [2.75, 3.05) is 5.32 Å². The molecule has 1 aromatic rings. The second-order valence-electron chi connectivity index (χ2n) is 4.60. The van der Waals surface area contributed by atoms with E-state index >= 15 is 0 Å². The highest BCUT2D eigenvalue weighted by atomic mass is 19.1. The normalized spacial score (nSPS) is 12.6. The summed E-state index contributed by atoms with van der Waals surface area (Å²) in [5.41, 5.74) is 6.51. The molecule has 0 aromatic heterocycles. The largest absolute Gasteiger partial charge is 0.327 e. The van der Waals surface area contributed by atoms with Crippen LogP contribution in [0.2, 0.25) is 0 Å². The van der Waals surface area contributed by atoms with Crippen LogP contribution in [0, 0.1) is 18.7 Å². The van der Waals surface area contributed by atoms with E-state index in [2.05, 4.69) is 5.32 Å². The molecule has 94 valence electrons. The lowest BCUT2D eigenvalue weighted by Gasteiger charge is -2.15. The molecular formula is C13H19FN2O. The topological polar surface area (TPSA) is 55.1 Å². The van der Waals surface area contributed by atoms with E-state index in [1.54, 1.807) is 25.1 Å². The van der Waals surface area contributed by atoms with Crippen molar-refractivity contribution >= 4 is 11.6 Å². The van der Waals surface area contributed by atoms with Crippen LogP contribution in [0.5, 0.6) is 0 Å². The van der Waals surface area contributed by atoms with Gasteiger partial charge >= 0.3 is 0 Å². The fraction of sp³-hybridized carbons (Fsp3) is 0.462. The molecule has 0 aliphatic carbocycles. The second kappa shape index (κ2) is 5.77. The third-order valence-electron chi connectivity index (χ3n) is 2.74. The molecule has 3 N–H and O–H groups in total. The molecule has 17 heavy (non-hydrogen) atoms. The number of halogens is 1. The van der Waals surface area contributed by atoms with Crippen molar-refractivity contribution in [2.45, 2.75) is 33.2 Å². The van der Waals surface area contributed by atoms with Crippen LogP contribution >= 0.6 is 0 Å². The lowest BCUT2D eigenvalue weighted by Crippen LogP contribution is -2.31. The summed E-state index contributed by atoms with van der Waals surface area (Å²) in [6, 6.07) is 4.70. The Kier molecular flexibility index (Phi) is 4.63. The SMILES string of the molecule is Cc1cccc(NC(=O)CC(N)C(C)C)c1F. The van der Waals surface area contributed by atoms with Crippen molar-refractivity contribution in [3.05, 3.63) is 29.6 Å². The molecule has 0 fully saturated rings. The van der Waals surface area contributed by atoms with Gasteiger partial charge in [0, 0.05) is 12.5 Å². The van der Waals surface area contributed by atoms with Gasteiger partial charge in [0.05, 0.1) is 5.69 Å². The first-order valence-electron chi connectivity index (χ1n) is 5.72. The number of nitrogens with one attached hydrogen (secondary N) is 1. The zero-order valence-electron chi connectivity index (χ0n) is 10.5. The first-order valence-corrected chi connectivity index (χ1v) is 5.72. The van der Waals surface area contributed by atoms with E-state index in [0.29, 0.717) is 5.56 Å². The number of nitrogens with two attached hydrogens (primary N) is 1. The Morgan fingerprint density at radius 3 is 2.71 bits per heavy atom. The highest BCUT2D eigenvalue weighted by Crippen LogP contribution is 2.17. The molecule has 0 aliphatic heterocycles. The van der Waals surface area contributed by atoms with Crippen molar-refractivity contribution < 1.29 is 9.18 Å². The predicted molar refractivity (Wildman–Crippen MR) is 67.2 cm³/mol. The van der Waals surface area contributed by atoms with Gasteiger partial charge in [-0.05, 0) is 24.5 Å². The molecule has 1 atom stereocenters. The van der Waals surface area contributed by atoms with Gasteiger partial charge < -0.3 is 11.1 Å². The van der Waals surface area contributed by atoms with E-state index in [4.69, 9.17) is 5.73 Å². The maximum Gasteiger partial charge on any atom is 0.226 e. The summed E-state index contributed by atoms with van der Waals surface area (Å²) >= 11 is 0. The van der Waals surface area contributed by atoms with Gasteiger partial charge in [-0.1, -0.05) is 26.0 Å². The van der Waals surface area contributed by atoms with E-state index in [9.17, 15) is 9.18 Å². The van der Waals surface area contributed by atoms with E-state index < -0.39 is 0 Å². The molecule has 0 aliphatic rings. The van der Waals surface area contributed by atoms with Crippen LogP contribution in [0.4, 0.5) is 10.1 Å². The van der Waals surface area contributed by atoms with Crippen LogP contribution in [0.3, 0.4) is 0 Å². The summed E-state index contributed by atoms with van der Waals surface area (Å²) in [7, 11) is 0. The van der Waals surface area contributed by atoms with Gasteiger partial charge in [0.2, 0.25) is 5.91 Å². The van der Waals surface area contributed by atoms with Gasteiger partial charge in [0.25, 0.3) is 0 Å². The average molecular weight is 238 g/mol. The van der Waals surface area contributed by atoms with Crippen LogP contribution < -0.4 is 11.1 Å². The fourth-order valence-electron chi connectivity index (χ4n) is 1.39. The standard InChI is InChI=1S/C13H19FN2O/c1-8(2)10(15)7-12(17)16-11-6-4-5-9(3)13(11)14/h4-6,8,10H,7,15H2,1-3H3,(H,16,17). The number of rotatable bonds is 4. The molecule has 0 heterocycles. The summed E-state index contributed by atoms with van der Waals surface area (Å²) < 4.78 is 13.6. The summed E-state index contributed by atoms with van der Waals surface area (Å²) in [5, 5.41) is 2.54. The highest BCUT2D eigenvalue weighted by molar-refractivity contribution is 5.91. The van der Waals surface area contributed by atoms with Crippen LogP contribution in [-0.2, 0) is 4.79 Å². The van der Waals surface area contributed by atoms with Crippen molar-refractivity contribution in [1.82, 2.24) is 0 Å². The highest BCUT2D eigenvalue weighted by Gasteiger charge is 2.14. The number of hydrogen-bond acceptors (Lipinski definition) is 2. The smallest absolute Gasteiger partial charge is 0.226 e. The minimum atomic E-state index is -0.390. The van der Waals surface area contributed by atoms with Crippen LogP contribution in [-0.4, -0.2) is 11.9 Å². The Morgan fingerprint density at radius 2 is 2.12 bits per heavy atom. The van der Waals surface area contributed by atoms with Gasteiger partial charge in [-0.15, -0.1) is 0 Å². The lowest BCUT2D eigenvalue weighted by molar-refractivity contribution is -0.116. The van der Waals surface area contributed by atoms with Crippen molar-refractivity contribution in [2.24, 2.45) is 11.7 Å². The molecule has 0 saturated heterocycles. The van der Waals surface area contributed by atoms with E-state index in [1.165, 1.54) is 0 Å². The van der Waals surface area contributed by atoms with Crippen molar-refractivity contribution in [3.8, 4) is 0 Å². The van der Waals surface area contributed by atoms with Crippen molar-refractivity contribution in [3.63, 3.8) is 0 Å². The number of anilines is 1. The number of benzene rings is 1. The first-order chi connectivity index (χ1) is 7.91. The summed E-state index contributed by atoms with van der Waals surface area (Å²) in [6.07, 6.45) is 0.199. The summed E-state index contributed by atoms with van der Waals surface area (Å²) in [4.78, 5) is 11.6. The van der Waals surface area contributed by atoms with Gasteiger partial charge in [-0.3, -0.25) is 4.79 Å². The Hall–Kier alpha value is -1.42. The molecular weight excluding hydrogens is 219 g/mol. The Bertz CT molecular complexity index is 404. The molecule has 4 heteroatoms. The lowest BCUT2D eigenvalue weighted by atomic mass is 10.0. The number of amides is 1. The zero-order chi connectivity index (χ0) is 13.0. The van der Waals surface area contributed by atoms with Crippen LogP contribution in [0.15, 0.2) is 18.2 Å². The first kappa shape index (κ1) is 13.6. The second-order valence-corrected chi connectivity index (χ2v) is 4.60. The number of aryl methyl sites for hydroxylation is 1. The zero-order valence-corrected chi connectivity index (χ0v) is 10.5. The summed E-state index contributed by atoms with van der Waals surface area (Å²) in [6.45, 7) is 5.56. The van der Waals surface area contributed by atoms with Gasteiger partial charge in [0.1, 0.15) is 5.82 Å². The van der Waals surface area contributed by atoms with E-state index in [-0.39, 0.29) is 35.8 Å². The Labute approximate surface area is 101 Å². The summed E-state index contributed by atoms with van der Waals surface area (Å²) in [5.74, 6) is -0.419. The monoisotopic (exact) mass is 238 g/mol. The van der Waals surface area contributed by atoms with Gasteiger partial charge in [0.15, 0.2) is 0 Å². The van der Waals surface area contributed by atoms with E-state index in [0.717, 1.165) is 0 Å². The minimum Gasteiger partial charge on any atom is -0.327 e. The molecule has 1 unspecified atom stereocenters. The molecule has 1 aromatic carbocycles. The molecule has 0 bridgehead atoms. The van der Waals surface area contributed by atoms with Crippen LogP contribution in [0.25, 0.3) is 0 Å². The molecule has 0 spiro atoms. The van der Waals surface area contributed by atoms with Crippen LogP contribution in [0.1, 0.15) is 25.8 Å². The van der Waals surface area contributed by atoms with Crippen molar-refractivity contribution in [1.29, 1.82) is 0 Å². The Morgan fingerprint density at radius 1 is 1.47 bits per heavy atom. The third kappa shape index (κ3) is 3.82. The molecule has 1 rings (SSSR count). The predicted octanol–water partition coefficient (Wildman–Crippen LogP) is 2.45. The maximum atomic E-state index is 13.6. The molecule has 1 amide bonds. The van der Waals surface area contributed by atoms with Gasteiger partial charge in [-0.2, -0.15) is 0 Å². The third-order valence-corrected chi connectivity index (χ3v) is 2.74. The van der Waals surface area contributed by atoms with E-state index in [1.807, 2.05) is 13.8 Å². The molecule has 0 saturated carbocycles. The number of hydrogen-bond donors (Lipinski definition) is 2. The number of carbonyl (C=O) groups excluding carboxylic acids is 1. The average Bonchev–Trinajstić information content (AvgIpc) is 2.24. The van der Waals surface area contributed by atoms with Gasteiger partial charge in [-0.25, -0.2) is 4.39 Å². The Balaban J connectivity index is 2.66. The quantitative estimate of drug-likeness (QED) is 0.846. The maximum absolute atomic E-state index is 13.6. The number of carbonyl (C=O) groups is 1.